The van der Waals surface area contributed by atoms with Crippen molar-refractivity contribution in [2.75, 3.05) is 5.88 Å². The Kier molecular flexibility index (Phi) is 4.45. The van der Waals surface area contributed by atoms with Crippen molar-refractivity contribution in [2.24, 2.45) is 0 Å². The number of rotatable bonds is 2. The number of allylic oxidation sites excluding steroid dienone is 1. The van der Waals surface area contributed by atoms with Gasteiger partial charge in [-0.3, -0.25) is 4.79 Å². The van der Waals surface area contributed by atoms with Crippen molar-refractivity contribution in [3.63, 3.8) is 0 Å². The number of ether oxygens (including phenoxy) is 1. The van der Waals surface area contributed by atoms with E-state index < -0.39 is 23.0 Å². The van der Waals surface area contributed by atoms with Gasteiger partial charge in [0.05, 0.1) is 12.5 Å². The molecule has 0 aliphatic heterocycles. The highest BCUT2D eigenvalue weighted by molar-refractivity contribution is 6.19. The van der Waals surface area contributed by atoms with E-state index in [-0.39, 0.29) is 5.88 Å². The highest BCUT2D eigenvalue weighted by atomic mass is 35.5. The van der Waals surface area contributed by atoms with Crippen LogP contribution in [0.3, 0.4) is 0 Å². The van der Waals surface area contributed by atoms with E-state index in [4.69, 9.17) is 28.0 Å². The second kappa shape index (κ2) is 4.87. The average molecular weight is 218 g/mol. The number of aliphatic hydroxyl groups is 1. The van der Waals surface area contributed by atoms with Crippen LogP contribution in [0.25, 0.3) is 4.85 Å². The van der Waals surface area contributed by atoms with E-state index >= 15 is 0 Å². The first kappa shape index (κ1) is 12.8. The van der Waals surface area contributed by atoms with Gasteiger partial charge in [-0.2, -0.15) is 0 Å². The van der Waals surface area contributed by atoms with Crippen molar-refractivity contribution in [1.29, 1.82) is 0 Å². The molecule has 0 saturated carbocycles. The van der Waals surface area contributed by atoms with E-state index in [9.17, 15) is 4.79 Å². The standard InChI is InChI=1S/C9H12ClNO3/c1-9(2,3)14-8(13)7(11-4)6(12)5-10/h12H,5H2,1-3H3/b7-6+. The Morgan fingerprint density at radius 3 is 2.36 bits per heavy atom. The summed E-state index contributed by atoms with van der Waals surface area (Å²) in [7, 11) is 0. The van der Waals surface area contributed by atoms with Crippen LogP contribution >= 0.6 is 11.6 Å². The Labute approximate surface area is 87.9 Å². The molecule has 0 bridgehead atoms. The molecule has 0 radical (unpaired) electrons. The Morgan fingerprint density at radius 2 is 2.07 bits per heavy atom. The number of halogens is 1. The van der Waals surface area contributed by atoms with Crippen molar-refractivity contribution >= 4 is 17.6 Å². The molecule has 0 aromatic heterocycles. The number of hydrogen-bond donors (Lipinski definition) is 1. The molecular weight excluding hydrogens is 206 g/mol. The summed E-state index contributed by atoms with van der Waals surface area (Å²) in [4.78, 5) is 14.1. The number of aliphatic hydroxyl groups excluding tert-OH is 1. The fourth-order valence-corrected chi connectivity index (χ4v) is 0.744. The smallest absolute Gasteiger partial charge is 0.340 e. The molecule has 1 N–H and O–H groups in total. The van der Waals surface area contributed by atoms with Crippen LogP contribution in [0.1, 0.15) is 20.8 Å². The van der Waals surface area contributed by atoms with E-state index in [1.165, 1.54) is 0 Å². The van der Waals surface area contributed by atoms with Crippen LogP contribution in [0.2, 0.25) is 0 Å². The van der Waals surface area contributed by atoms with Crippen molar-refractivity contribution in [3.05, 3.63) is 22.9 Å². The summed E-state index contributed by atoms with van der Waals surface area (Å²) in [6, 6.07) is 0. The monoisotopic (exact) mass is 217 g/mol. The quantitative estimate of drug-likeness (QED) is 0.254. The van der Waals surface area contributed by atoms with Crippen LogP contribution in [-0.4, -0.2) is 22.6 Å². The molecule has 0 aliphatic carbocycles. The summed E-state index contributed by atoms with van der Waals surface area (Å²) < 4.78 is 4.88. The molecule has 4 nitrogen and oxygen atoms in total. The lowest BCUT2D eigenvalue weighted by Crippen LogP contribution is -2.24. The summed E-state index contributed by atoms with van der Waals surface area (Å²) >= 11 is 5.28. The summed E-state index contributed by atoms with van der Waals surface area (Å²) in [5.41, 5.74) is -1.16. The predicted molar refractivity (Wildman–Crippen MR) is 52.8 cm³/mol. The SMILES string of the molecule is [C-]#[N+]/C(C(=O)OC(C)(C)C)=C(/O)CCl. The van der Waals surface area contributed by atoms with Crippen LogP contribution in [0.15, 0.2) is 11.5 Å². The van der Waals surface area contributed by atoms with Crippen molar-refractivity contribution in [3.8, 4) is 0 Å². The van der Waals surface area contributed by atoms with Gasteiger partial charge in [-0.15, -0.1) is 11.6 Å². The lowest BCUT2D eigenvalue weighted by molar-refractivity contribution is -0.149. The topological polar surface area (TPSA) is 50.9 Å². The molecule has 0 amide bonds. The lowest BCUT2D eigenvalue weighted by atomic mass is 10.2. The molecule has 0 heterocycles. The van der Waals surface area contributed by atoms with Gasteiger partial charge in [-0.1, -0.05) is 0 Å². The Bertz CT molecular complexity index is 296. The van der Waals surface area contributed by atoms with Crippen molar-refractivity contribution in [2.45, 2.75) is 26.4 Å². The second-order valence-electron chi connectivity index (χ2n) is 3.54. The lowest BCUT2D eigenvalue weighted by Gasteiger charge is -2.19. The molecule has 0 saturated heterocycles. The van der Waals surface area contributed by atoms with Gasteiger partial charge in [0.25, 0.3) is 0 Å². The summed E-state index contributed by atoms with van der Waals surface area (Å²) in [6.07, 6.45) is 0. The Balaban J connectivity index is 4.78. The summed E-state index contributed by atoms with van der Waals surface area (Å²) in [5.74, 6) is -1.60. The number of nitrogens with zero attached hydrogens (tertiary/aromatic N) is 1. The van der Waals surface area contributed by atoms with Crippen LogP contribution < -0.4 is 0 Å². The molecule has 0 aliphatic rings. The summed E-state index contributed by atoms with van der Waals surface area (Å²) in [5, 5.41) is 9.12. The van der Waals surface area contributed by atoms with Crippen LogP contribution in [0.4, 0.5) is 0 Å². The predicted octanol–water partition coefficient (Wildman–Crippen LogP) is 2.26. The molecule has 78 valence electrons. The first-order chi connectivity index (χ1) is 6.31. The molecule has 0 spiro atoms. The second-order valence-corrected chi connectivity index (χ2v) is 3.81. The molecule has 0 fully saturated rings. The van der Waals surface area contributed by atoms with Crippen LogP contribution in [0, 0.1) is 6.57 Å². The minimum Gasteiger partial charge on any atom is -0.522 e. The maximum absolute atomic E-state index is 11.3. The zero-order valence-corrected chi connectivity index (χ0v) is 9.05. The number of esters is 1. The van der Waals surface area contributed by atoms with Gasteiger partial charge in [0.15, 0.2) is 0 Å². The van der Waals surface area contributed by atoms with Gasteiger partial charge < -0.3 is 9.84 Å². The largest absolute Gasteiger partial charge is 0.522 e. The third-order valence-corrected chi connectivity index (χ3v) is 1.36. The first-order valence-electron chi connectivity index (χ1n) is 3.90. The summed E-state index contributed by atoms with van der Waals surface area (Å²) in [6.45, 7) is 11.7. The van der Waals surface area contributed by atoms with E-state index in [2.05, 4.69) is 4.85 Å². The van der Waals surface area contributed by atoms with Gasteiger partial charge in [-0.05, 0) is 20.8 Å². The van der Waals surface area contributed by atoms with E-state index in [1.807, 2.05) is 0 Å². The highest BCUT2D eigenvalue weighted by Crippen LogP contribution is 2.14. The Hall–Kier alpha value is -1.21. The fourth-order valence-electron chi connectivity index (χ4n) is 0.618. The van der Waals surface area contributed by atoms with Gasteiger partial charge in [0.1, 0.15) is 11.4 Å². The molecule has 14 heavy (non-hydrogen) atoms. The number of carbonyl (C=O) groups is 1. The normalized spacial score (nSPS) is 12.8. The fraction of sp³-hybridized carbons (Fsp3) is 0.556. The maximum atomic E-state index is 11.3. The van der Waals surface area contributed by atoms with Crippen molar-refractivity contribution < 1.29 is 14.6 Å². The van der Waals surface area contributed by atoms with E-state index in [0.29, 0.717) is 0 Å². The van der Waals surface area contributed by atoms with Crippen LogP contribution in [-0.2, 0) is 9.53 Å². The molecule has 0 aromatic carbocycles. The third-order valence-electron chi connectivity index (χ3n) is 1.10. The third kappa shape index (κ3) is 4.15. The molecule has 5 heteroatoms. The highest BCUT2D eigenvalue weighted by Gasteiger charge is 2.23. The zero-order chi connectivity index (χ0) is 11.4. The molecule has 0 atom stereocenters. The van der Waals surface area contributed by atoms with E-state index in [0.717, 1.165) is 0 Å². The van der Waals surface area contributed by atoms with Gasteiger partial charge in [0, 0.05) is 0 Å². The minimum atomic E-state index is -0.856. The number of hydrogen-bond acceptors (Lipinski definition) is 3. The van der Waals surface area contributed by atoms with Crippen LogP contribution in [0.5, 0.6) is 0 Å². The molecule has 0 rings (SSSR count). The number of alkyl halides is 1. The average Bonchev–Trinajstić information content (AvgIpc) is 2.01. The zero-order valence-electron chi connectivity index (χ0n) is 8.30. The number of carbonyl (C=O) groups excluding carboxylic acids is 1. The molecular formula is C9H12ClNO3. The van der Waals surface area contributed by atoms with Crippen molar-refractivity contribution in [1.82, 2.24) is 0 Å². The van der Waals surface area contributed by atoms with Gasteiger partial charge in [0.2, 0.25) is 0 Å². The minimum absolute atomic E-state index is 0.281. The van der Waals surface area contributed by atoms with Gasteiger partial charge >= 0.3 is 11.7 Å². The first-order valence-corrected chi connectivity index (χ1v) is 4.44. The Morgan fingerprint density at radius 1 is 1.57 bits per heavy atom. The molecule has 0 unspecified atom stereocenters. The van der Waals surface area contributed by atoms with Gasteiger partial charge in [-0.25, -0.2) is 4.85 Å². The van der Waals surface area contributed by atoms with E-state index in [1.54, 1.807) is 20.8 Å². The maximum Gasteiger partial charge on any atom is 0.340 e. The molecule has 0 aromatic rings.